The van der Waals surface area contributed by atoms with Crippen LogP contribution in [0.3, 0.4) is 0 Å². The number of H-pyrrole nitrogens is 1. The van der Waals surface area contributed by atoms with E-state index in [-0.39, 0.29) is 28.1 Å². The first kappa shape index (κ1) is 18.4. The summed E-state index contributed by atoms with van der Waals surface area (Å²) in [4.78, 5) is 29.1. The molecule has 4 nitrogen and oxygen atoms in total. The number of carbonyl (C=O) groups excluding carboxylic acids is 2. The third kappa shape index (κ3) is 2.85. The Morgan fingerprint density at radius 2 is 1.96 bits per heavy atom. The van der Waals surface area contributed by atoms with E-state index in [1.54, 1.807) is 6.20 Å². The first-order chi connectivity index (χ1) is 13.4. The molecule has 0 amide bonds. The number of aromatic amines is 1. The molecule has 5 heteroatoms. The lowest BCUT2D eigenvalue weighted by Gasteiger charge is -2.58. The number of hydrogen-bond donors (Lipinski definition) is 1. The van der Waals surface area contributed by atoms with Crippen molar-refractivity contribution in [1.82, 2.24) is 4.98 Å². The van der Waals surface area contributed by atoms with Crippen LogP contribution >= 0.6 is 15.9 Å². The lowest BCUT2D eigenvalue weighted by molar-refractivity contribution is -0.168. The number of ketones is 1. The van der Waals surface area contributed by atoms with Crippen LogP contribution in [0.2, 0.25) is 0 Å². The van der Waals surface area contributed by atoms with Crippen molar-refractivity contribution in [3.8, 4) is 0 Å². The SMILES string of the molecule is CCc1cccc2c(C(=O)COC(=O)C34C[C@@H]5C[C@@H](CC(Br)(C5)C3)C4)c[nH]c12. The molecule has 4 saturated carbocycles. The molecule has 28 heavy (non-hydrogen) atoms. The molecule has 4 bridgehead atoms. The average molecular weight is 444 g/mol. The van der Waals surface area contributed by atoms with E-state index in [1.807, 2.05) is 12.1 Å². The van der Waals surface area contributed by atoms with Crippen molar-refractivity contribution in [1.29, 1.82) is 0 Å². The van der Waals surface area contributed by atoms with Crippen molar-refractivity contribution in [3.63, 3.8) is 0 Å². The summed E-state index contributed by atoms with van der Waals surface area (Å²) in [6, 6.07) is 5.99. The molecular formula is C23H26BrNO3. The van der Waals surface area contributed by atoms with Crippen LogP contribution in [0.25, 0.3) is 10.9 Å². The molecule has 4 atom stereocenters. The van der Waals surface area contributed by atoms with E-state index in [4.69, 9.17) is 4.74 Å². The summed E-state index contributed by atoms with van der Waals surface area (Å²) in [5, 5.41) is 0.912. The summed E-state index contributed by atoms with van der Waals surface area (Å²) in [5.74, 6) is 0.939. The Labute approximate surface area is 173 Å². The van der Waals surface area contributed by atoms with Gasteiger partial charge in [-0.3, -0.25) is 9.59 Å². The number of halogens is 1. The van der Waals surface area contributed by atoms with E-state index in [0.29, 0.717) is 17.4 Å². The molecule has 148 valence electrons. The summed E-state index contributed by atoms with van der Waals surface area (Å²) in [6.07, 6.45) is 8.95. The maximum atomic E-state index is 13.1. The molecule has 4 aliphatic rings. The van der Waals surface area contributed by atoms with Gasteiger partial charge in [-0.15, -0.1) is 0 Å². The third-order valence-corrected chi connectivity index (χ3v) is 8.17. The van der Waals surface area contributed by atoms with E-state index in [2.05, 4.69) is 33.9 Å². The third-order valence-electron chi connectivity index (χ3n) is 7.24. The quantitative estimate of drug-likeness (QED) is 0.392. The molecule has 1 aromatic carbocycles. The van der Waals surface area contributed by atoms with Crippen molar-refractivity contribution in [2.24, 2.45) is 17.3 Å². The number of aryl methyl sites for hydroxylation is 1. The van der Waals surface area contributed by atoms with Gasteiger partial charge in [0.25, 0.3) is 0 Å². The van der Waals surface area contributed by atoms with Crippen LogP contribution < -0.4 is 0 Å². The van der Waals surface area contributed by atoms with Crippen LogP contribution in [0, 0.1) is 17.3 Å². The maximum absolute atomic E-state index is 13.1. The van der Waals surface area contributed by atoms with Gasteiger partial charge in [-0.1, -0.05) is 41.1 Å². The van der Waals surface area contributed by atoms with E-state index < -0.39 is 0 Å². The molecule has 6 rings (SSSR count). The molecule has 1 N–H and O–H groups in total. The molecule has 4 fully saturated rings. The molecule has 2 unspecified atom stereocenters. The fraction of sp³-hybridized carbons (Fsp3) is 0.565. The van der Waals surface area contributed by atoms with Gasteiger partial charge in [0, 0.05) is 27.0 Å². The number of carbonyl (C=O) groups is 2. The Kier molecular flexibility index (Phi) is 4.24. The highest BCUT2D eigenvalue weighted by molar-refractivity contribution is 9.10. The summed E-state index contributed by atoms with van der Waals surface area (Å²) in [5.41, 5.74) is 2.41. The van der Waals surface area contributed by atoms with Gasteiger partial charge in [0.15, 0.2) is 6.61 Å². The zero-order valence-electron chi connectivity index (χ0n) is 16.2. The minimum absolute atomic E-state index is 0.105. The van der Waals surface area contributed by atoms with E-state index in [0.717, 1.165) is 36.6 Å². The average Bonchev–Trinajstić information content (AvgIpc) is 3.08. The molecule has 0 radical (unpaired) electrons. The normalized spacial score (nSPS) is 33.4. The second-order valence-electron chi connectivity index (χ2n) is 9.29. The zero-order chi connectivity index (χ0) is 19.5. The molecule has 1 aromatic heterocycles. The van der Waals surface area contributed by atoms with Gasteiger partial charge in [-0.05, 0) is 62.3 Å². The van der Waals surface area contributed by atoms with Gasteiger partial charge in [-0.2, -0.15) is 0 Å². The highest BCUT2D eigenvalue weighted by Crippen LogP contribution is 2.64. The number of ether oxygens (including phenoxy) is 1. The minimum Gasteiger partial charge on any atom is -0.457 e. The number of benzene rings is 1. The number of para-hydroxylation sites is 1. The van der Waals surface area contributed by atoms with Gasteiger partial charge in [0.1, 0.15) is 0 Å². The molecule has 0 aliphatic heterocycles. The van der Waals surface area contributed by atoms with E-state index >= 15 is 0 Å². The highest BCUT2D eigenvalue weighted by Gasteiger charge is 2.60. The fourth-order valence-corrected chi connectivity index (χ4v) is 7.95. The van der Waals surface area contributed by atoms with Crippen molar-refractivity contribution >= 4 is 38.6 Å². The summed E-state index contributed by atoms with van der Waals surface area (Å²) in [7, 11) is 0. The highest BCUT2D eigenvalue weighted by atomic mass is 79.9. The second-order valence-corrected chi connectivity index (χ2v) is 11.0. The number of nitrogens with one attached hydrogen (secondary N) is 1. The molecule has 0 saturated heterocycles. The smallest absolute Gasteiger partial charge is 0.312 e. The molecule has 1 heterocycles. The summed E-state index contributed by atoms with van der Waals surface area (Å²) in [6.45, 7) is 1.93. The Hall–Kier alpha value is -1.62. The van der Waals surface area contributed by atoms with Crippen molar-refractivity contribution in [2.75, 3.05) is 6.61 Å². The van der Waals surface area contributed by atoms with Gasteiger partial charge in [0.05, 0.1) is 5.41 Å². The van der Waals surface area contributed by atoms with Crippen LogP contribution in [0.5, 0.6) is 0 Å². The monoisotopic (exact) mass is 443 g/mol. The van der Waals surface area contributed by atoms with Crippen LogP contribution in [0.4, 0.5) is 0 Å². The number of aromatic nitrogens is 1. The van der Waals surface area contributed by atoms with Crippen LogP contribution in [-0.4, -0.2) is 27.7 Å². The Bertz CT molecular complexity index is 948. The predicted octanol–water partition coefficient (Wildman–Crippen LogP) is 5.19. The maximum Gasteiger partial charge on any atom is 0.312 e. The zero-order valence-corrected chi connectivity index (χ0v) is 17.8. The molecule has 2 aromatic rings. The number of fused-ring (bicyclic) bond motifs is 1. The van der Waals surface area contributed by atoms with Crippen molar-refractivity contribution < 1.29 is 14.3 Å². The van der Waals surface area contributed by atoms with Gasteiger partial charge >= 0.3 is 5.97 Å². The van der Waals surface area contributed by atoms with Gasteiger partial charge < -0.3 is 9.72 Å². The Morgan fingerprint density at radius 3 is 2.64 bits per heavy atom. The minimum atomic E-state index is -0.385. The lowest BCUT2D eigenvalue weighted by Crippen LogP contribution is -2.56. The van der Waals surface area contributed by atoms with Crippen LogP contribution in [-0.2, 0) is 16.0 Å². The second kappa shape index (κ2) is 6.45. The molecular weight excluding hydrogens is 418 g/mol. The summed E-state index contributed by atoms with van der Waals surface area (Å²) < 4.78 is 5.74. The van der Waals surface area contributed by atoms with E-state index in [1.165, 1.54) is 24.8 Å². The predicted molar refractivity (Wildman–Crippen MR) is 112 cm³/mol. The Balaban J connectivity index is 1.32. The number of esters is 1. The number of hydrogen-bond acceptors (Lipinski definition) is 3. The van der Waals surface area contributed by atoms with Crippen LogP contribution in [0.1, 0.15) is 61.4 Å². The number of rotatable bonds is 5. The Morgan fingerprint density at radius 1 is 1.21 bits per heavy atom. The van der Waals surface area contributed by atoms with Crippen LogP contribution in [0.15, 0.2) is 24.4 Å². The first-order valence-electron chi connectivity index (χ1n) is 10.4. The van der Waals surface area contributed by atoms with Crippen molar-refractivity contribution in [2.45, 2.75) is 56.2 Å². The molecule has 4 aliphatic carbocycles. The van der Waals surface area contributed by atoms with Gasteiger partial charge in [0.2, 0.25) is 5.78 Å². The largest absolute Gasteiger partial charge is 0.457 e. The fourth-order valence-electron chi connectivity index (χ4n) is 6.49. The molecule has 0 spiro atoms. The topological polar surface area (TPSA) is 59.2 Å². The van der Waals surface area contributed by atoms with E-state index in [9.17, 15) is 9.59 Å². The lowest BCUT2D eigenvalue weighted by atomic mass is 9.49. The first-order valence-corrected chi connectivity index (χ1v) is 11.2. The number of Topliss-reactive ketones (excluding diaryl/α,β-unsaturated/α-hetero) is 1. The number of alkyl halides is 1. The summed E-state index contributed by atoms with van der Waals surface area (Å²) >= 11 is 3.93. The standard InChI is InChI=1S/C23H26BrNO3/c1-2-16-4-3-5-17-18(11-25-20(16)17)19(26)12-28-21(27)22-7-14-6-15(8-22)10-23(24,9-14)13-22/h3-5,11,14-15,25H,2,6-10,12-13H2,1H3/t14-,15+,22?,23?. The van der Waals surface area contributed by atoms with Gasteiger partial charge in [-0.25, -0.2) is 0 Å². The van der Waals surface area contributed by atoms with Crippen molar-refractivity contribution in [3.05, 3.63) is 35.5 Å².